The molecule has 3 aliphatic heterocycles. The fourth-order valence-corrected chi connectivity index (χ4v) is 5.37. The number of anilines is 3. The van der Waals surface area contributed by atoms with Crippen molar-refractivity contribution < 1.29 is 19.1 Å². The highest BCUT2D eigenvalue weighted by molar-refractivity contribution is 5.72. The minimum atomic E-state index is -0.334. The highest BCUT2D eigenvalue weighted by Gasteiger charge is 2.33. The van der Waals surface area contributed by atoms with Gasteiger partial charge < -0.3 is 28.9 Å². The van der Waals surface area contributed by atoms with Crippen LogP contribution in [0.4, 0.5) is 23.0 Å². The molecule has 0 aliphatic carbocycles. The zero-order chi connectivity index (χ0) is 26.8. The minimum Gasteiger partial charge on any atom is -0.497 e. The maximum atomic E-state index is 12.3. The quantitative estimate of drug-likeness (QED) is 0.330. The van der Waals surface area contributed by atoms with E-state index in [1.165, 1.54) is 6.33 Å². The molecule has 12 heteroatoms. The Morgan fingerprint density at radius 3 is 2.10 bits per heavy atom. The van der Waals surface area contributed by atoms with E-state index < -0.39 is 0 Å². The van der Waals surface area contributed by atoms with Gasteiger partial charge in [-0.3, -0.25) is 15.0 Å². The molecule has 2 aromatic carbocycles. The fraction of sp³-hybridized carbons (Fsp3) is 0.407. The Balaban J connectivity index is 1.11. The van der Waals surface area contributed by atoms with Gasteiger partial charge in [0.1, 0.15) is 12.1 Å². The van der Waals surface area contributed by atoms with E-state index in [1.54, 1.807) is 7.11 Å². The SMILES string of the molecule is COc1ccc(N2CCN(c3ncnc(N4CCN(Cc5ccc6c(c5)OCO6)CC4)c3[N+](=O)[O-])CC2)cc1. The summed E-state index contributed by atoms with van der Waals surface area (Å²) < 4.78 is 16.2. The summed E-state index contributed by atoms with van der Waals surface area (Å²) in [5.74, 6) is 3.15. The summed E-state index contributed by atoms with van der Waals surface area (Å²) in [6.07, 6.45) is 1.45. The lowest BCUT2D eigenvalue weighted by Gasteiger charge is -2.37. The van der Waals surface area contributed by atoms with Crippen LogP contribution in [0.2, 0.25) is 0 Å². The second-order valence-corrected chi connectivity index (χ2v) is 9.75. The Morgan fingerprint density at radius 2 is 1.46 bits per heavy atom. The molecule has 204 valence electrons. The van der Waals surface area contributed by atoms with E-state index in [9.17, 15) is 10.1 Å². The number of benzene rings is 2. The lowest BCUT2D eigenvalue weighted by molar-refractivity contribution is -0.383. The standard InChI is InChI=1S/C27H31N7O5/c1-37-22-5-3-21(4-6-22)31-12-14-33(15-13-31)27-25(34(35)36)26(28-18-29-27)32-10-8-30(9-11-32)17-20-2-7-23-24(16-20)39-19-38-23/h2-7,16,18H,8-15,17,19H2,1H3. The lowest BCUT2D eigenvalue weighted by atomic mass is 10.1. The van der Waals surface area contributed by atoms with Crippen LogP contribution in [0.25, 0.3) is 0 Å². The molecule has 0 radical (unpaired) electrons. The summed E-state index contributed by atoms with van der Waals surface area (Å²) >= 11 is 0. The number of aromatic nitrogens is 2. The van der Waals surface area contributed by atoms with Gasteiger partial charge in [-0.1, -0.05) is 6.07 Å². The van der Waals surface area contributed by atoms with Crippen LogP contribution in [0.1, 0.15) is 5.56 Å². The smallest absolute Gasteiger partial charge is 0.353 e. The molecular weight excluding hydrogens is 502 g/mol. The molecule has 4 heterocycles. The van der Waals surface area contributed by atoms with Gasteiger partial charge in [-0.25, -0.2) is 9.97 Å². The number of hydrogen-bond acceptors (Lipinski definition) is 11. The van der Waals surface area contributed by atoms with E-state index in [-0.39, 0.29) is 17.4 Å². The van der Waals surface area contributed by atoms with E-state index in [2.05, 4.69) is 25.8 Å². The van der Waals surface area contributed by atoms with Crippen molar-refractivity contribution in [2.45, 2.75) is 6.54 Å². The van der Waals surface area contributed by atoms with Gasteiger partial charge >= 0.3 is 5.69 Å². The Labute approximate surface area is 226 Å². The van der Waals surface area contributed by atoms with Crippen LogP contribution < -0.4 is 28.9 Å². The summed E-state index contributed by atoms with van der Waals surface area (Å²) in [4.78, 5) is 29.3. The van der Waals surface area contributed by atoms with Crippen molar-refractivity contribution >= 4 is 23.0 Å². The number of methoxy groups -OCH3 is 1. The van der Waals surface area contributed by atoms with Crippen molar-refractivity contribution in [1.29, 1.82) is 0 Å². The van der Waals surface area contributed by atoms with Crippen LogP contribution in [0.5, 0.6) is 17.2 Å². The first-order valence-electron chi connectivity index (χ1n) is 13.1. The van der Waals surface area contributed by atoms with Gasteiger partial charge in [0, 0.05) is 64.6 Å². The molecule has 1 aromatic heterocycles. The predicted octanol–water partition coefficient (Wildman–Crippen LogP) is 2.77. The molecule has 0 bridgehead atoms. The van der Waals surface area contributed by atoms with E-state index in [4.69, 9.17) is 14.2 Å². The summed E-state index contributed by atoms with van der Waals surface area (Å²) in [7, 11) is 1.65. The number of nitro groups is 1. The summed E-state index contributed by atoms with van der Waals surface area (Å²) in [5.41, 5.74) is 2.24. The fourth-order valence-electron chi connectivity index (χ4n) is 5.37. The number of hydrogen-bond donors (Lipinski definition) is 0. The first-order valence-corrected chi connectivity index (χ1v) is 13.1. The number of piperazine rings is 2. The molecule has 3 aromatic rings. The van der Waals surface area contributed by atoms with Gasteiger partial charge in [0.05, 0.1) is 12.0 Å². The zero-order valence-electron chi connectivity index (χ0n) is 21.9. The molecule has 39 heavy (non-hydrogen) atoms. The monoisotopic (exact) mass is 533 g/mol. The summed E-state index contributed by atoms with van der Waals surface area (Å²) in [6.45, 7) is 6.61. The molecule has 0 N–H and O–H groups in total. The third kappa shape index (κ3) is 5.19. The molecule has 6 rings (SSSR count). The highest BCUT2D eigenvalue weighted by Crippen LogP contribution is 2.36. The van der Waals surface area contributed by atoms with Crippen molar-refractivity contribution in [1.82, 2.24) is 14.9 Å². The van der Waals surface area contributed by atoms with Crippen molar-refractivity contribution in [2.24, 2.45) is 0 Å². The third-order valence-electron chi connectivity index (χ3n) is 7.50. The molecule has 12 nitrogen and oxygen atoms in total. The average molecular weight is 534 g/mol. The first-order chi connectivity index (χ1) is 19.1. The largest absolute Gasteiger partial charge is 0.497 e. The molecule has 0 spiro atoms. The number of fused-ring (bicyclic) bond motifs is 1. The summed E-state index contributed by atoms with van der Waals surface area (Å²) in [5, 5.41) is 12.3. The van der Waals surface area contributed by atoms with Crippen LogP contribution in [0, 0.1) is 10.1 Å². The van der Waals surface area contributed by atoms with Gasteiger partial charge in [0.2, 0.25) is 18.4 Å². The van der Waals surface area contributed by atoms with Crippen molar-refractivity contribution in [2.75, 3.05) is 81.0 Å². The molecule has 0 amide bonds. The van der Waals surface area contributed by atoms with Gasteiger partial charge in [-0.15, -0.1) is 0 Å². The third-order valence-corrected chi connectivity index (χ3v) is 7.50. The predicted molar refractivity (Wildman–Crippen MR) is 146 cm³/mol. The van der Waals surface area contributed by atoms with Crippen LogP contribution in [0.3, 0.4) is 0 Å². The maximum Gasteiger partial charge on any atom is 0.353 e. The second kappa shape index (κ2) is 10.8. The number of rotatable bonds is 7. The molecule has 2 fully saturated rings. The molecule has 2 saturated heterocycles. The molecule has 0 unspecified atom stereocenters. The maximum absolute atomic E-state index is 12.3. The Hall–Kier alpha value is -4.32. The van der Waals surface area contributed by atoms with E-state index in [0.29, 0.717) is 37.8 Å². The van der Waals surface area contributed by atoms with E-state index in [0.717, 1.165) is 61.2 Å². The van der Waals surface area contributed by atoms with Crippen molar-refractivity contribution in [3.63, 3.8) is 0 Å². The van der Waals surface area contributed by atoms with Crippen molar-refractivity contribution in [3.8, 4) is 17.2 Å². The van der Waals surface area contributed by atoms with E-state index in [1.807, 2.05) is 46.2 Å². The normalized spacial score (nSPS) is 17.4. The topological polar surface area (TPSA) is 110 Å². The first kappa shape index (κ1) is 25.0. The summed E-state index contributed by atoms with van der Waals surface area (Å²) in [6, 6.07) is 14.0. The van der Waals surface area contributed by atoms with Gasteiger partial charge in [-0.2, -0.15) is 0 Å². The highest BCUT2D eigenvalue weighted by atomic mass is 16.7. The van der Waals surface area contributed by atoms with Crippen molar-refractivity contribution in [3.05, 3.63) is 64.5 Å². The molecule has 0 saturated carbocycles. The second-order valence-electron chi connectivity index (χ2n) is 9.75. The number of nitrogens with zero attached hydrogens (tertiary/aromatic N) is 7. The van der Waals surface area contributed by atoms with Crippen LogP contribution in [-0.2, 0) is 6.54 Å². The zero-order valence-corrected chi connectivity index (χ0v) is 21.9. The molecule has 3 aliphatic rings. The Kier molecular flexibility index (Phi) is 6.93. The Bertz CT molecular complexity index is 1320. The number of ether oxygens (including phenoxy) is 3. The van der Waals surface area contributed by atoms with Gasteiger partial charge in [0.15, 0.2) is 11.5 Å². The lowest BCUT2D eigenvalue weighted by Crippen LogP contribution is -2.48. The average Bonchev–Trinajstić information content (AvgIpc) is 3.45. The van der Waals surface area contributed by atoms with Crippen LogP contribution >= 0.6 is 0 Å². The Morgan fingerprint density at radius 1 is 0.846 bits per heavy atom. The van der Waals surface area contributed by atoms with Gasteiger partial charge in [-0.05, 0) is 42.0 Å². The van der Waals surface area contributed by atoms with Crippen LogP contribution in [-0.4, -0.2) is 86.1 Å². The molecule has 0 atom stereocenters. The van der Waals surface area contributed by atoms with E-state index >= 15 is 0 Å². The van der Waals surface area contributed by atoms with Crippen LogP contribution in [0.15, 0.2) is 48.8 Å². The minimum absolute atomic E-state index is 0.0142. The van der Waals surface area contributed by atoms with Gasteiger partial charge in [0.25, 0.3) is 0 Å². The molecular formula is C27H31N7O5.